The number of benzene rings is 1. The molecule has 2 N–H and O–H groups in total. The lowest BCUT2D eigenvalue weighted by Crippen LogP contribution is -2.03. The minimum absolute atomic E-state index is 0.598. The fourth-order valence-corrected chi connectivity index (χ4v) is 1.99. The third kappa shape index (κ3) is 3.54. The molecule has 0 saturated heterocycles. The molecule has 1 aromatic carbocycles. The molecule has 1 heterocycles. The highest BCUT2D eigenvalue weighted by atomic mass is 16.5. The normalized spacial score (nSPS) is 10.7. The predicted octanol–water partition coefficient (Wildman–Crippen LogP) is 1.53. The Morgan fingerprint density at radius 1 is 1.37 bits per heavy atom. The van der Waals surface area contributed by atoms with Crippen molar-refractivity contribution in [1.29, 1.82) is 0 Å². The summed E-state index contributed by atoms with van der Waals surface area (Å²) in [6, 6.07) is 6.18. The second-order valence-corrected chi connectivity index (χ2v) is 4.48. The Hall–Kier alpha value is -1.88. The highest BCUT2D eigenvalue weighted by molar-refractivity contribution is 5.36. The lowest BCUT2D eigenvalue weighted by Gasteiger charge is -2.08. The number of hydrogen-bond donors (Lipinski definition) is 1. The number of hydrogen-bond acceptors (Lipinski definition) is 4. The Labute approximate surface area is 113 Å². The van der Waals surface area contributed by atoms with Crippen LogP contribution in [0.15, 0.2) is 24.4 Å². The van der Waals surface area contributed by atoms with E-state index in [4.69, 9.17) is 10.5 Å². The van der Waals surface area contributed by atoms with Gasteiger partial charge in [-0.25, -0.2) is 4.68 Å². The number of rotatable bonds is 6. The maximum absolute atomic E-state index is 5.53. The van der Waals surface area contributed by atoms with Crippen molar-refractivity contribution in [3.05, 3.63) is 41.2 Å². The van der Waals surface area contributed by atoms with E-state index in [2.05, 4.69) is 29.4 Å². The molecule has 1 aromatic heterocycles. The minimum atomic E-state index is 0.598. The lowest BCUT2D eigenvalue weighted by molar-refractivity contribution is 0.337. The van der Waals surface area contributed by atoms with Gasteiger partial charge in [-0.1, -0.05) is 17.3 Å². The molecular formula is C14H20N4O. The fourth-order valence-electron chi connectivity index (χ4n) is 1.99. The molecule has 5 nitrogen and oxygen atoms in total. The van der Waals surface area contributed by atoms with E-state index in [0.29, 0.717) is 19.7 Å². The second kappa shape index (κ2) is 6.33. The summed E-state index contributed by atoms with van der Waals surface area (Å²) < 4.78 is 7.36. The van der Waals surface area contributed by atoms with Crippen LogP contribution in [0.1, 0.15) is 23.7 Å². The molecule has 0 aliphatic heterocycles. The highest BCUT2D eigenvalue weighted by Gasteiger charge is 2.04. The summed E-state index contributed by atoms with van der Waals surface area (Å²) in [5.41, 5.74) is 8.76. The van der Waals surface area contributed by atoms with E-state index >= 15 is 0 Å². The molecule has 2 rings (SSSR count). The van der Waals surface area contributed by atoms with Gasteiger partial charge in [-0.15, -0.1) is 5.10 Å². The van der Waals surface area contributed by atoms with E-state index in [9.17, 15) is 0 Å². The molecule has 0 saturated carbocycles. The van der Waals surface area contributed by atoms with Gasteiger partial charge in [0.1, 0.15) is 5.75 Å². The van der Waals surface area contributed by atoms with Gasteiger partial charge < -0.3 is 10.5 Å². The zero-order valence-electron chi connectivity index (χ0n) is 11.5. The van der Waals surface area contributed by atoms with Crippen molar-refractivity contribution in [2.24, 2.45) is 5.73 Å². The molecule has 0 aliphatic rings. The molecule has 0 atom stereocenters. The number of ether oxygens (including phenoxy) is 1. The third-order valence-electron chi connectivity index (χ3n) is 2.87. The Balaban J connectivity index is 2.07. The van der Waals surface area contributed by atoms with Gasteiger partial charge in [-0.3, -0.25) is 0 Å². The molecule has 0 fully saturated rings. The molecule has 0 bridgehead atoms. The lowest BCUT2D eigenvalue weighted by atomic mass is 10.1. The van der Waals surface area contributed by atoms with E-state index in [1.165, 1.54) is 5.56 Å². The average molecular weight is 260 g/mol. The van der Waals surface area contributed by atoms with Crippen molar-refractivity contribution in [3.63, 3.8) is 0 Å². The molecule has 0 spiro atoms. The van der Waals surface area contributed by atoms with E-state index in [1.54, 1.807) is 0 Å². The summed E-state index contributed by atoms with van der Waals surface area (Å²) in [6.07, 6.45) is 2.71. The molecule has 0 unspecified atom stereocenters. The Morgan fingerprint density at radius 3 is 2.89 bits per heavy atom. The number of nitrogens with zero attached hydrogens (tertiary/aromatic N) is 3. The summed E-state index contributed by atoms with van der Waals surface area (Å²) in [4.78, 5) is 0. The van der Waals surface area contributed by atoms with Gasteiger partial charge >= 0.3 is 0 Å². The van der Waals surface area contributed by atoms with Crippen LogP contribution in [0.5, 0.6) is 5.75 Å². The molecule has 0 aliphatic carbocycles. The summed E-state index contributed by atoms with van der Waals surface area (Å²) in [5.74, 6) is 0.939. The molecular weight excluding hydrogens is 240 g/mol. The summed E-state index contributed by atoms with van der Waals surface area (Å²) in [6.45, 7) is 6.04. The smallest absolute Gasteiger partial charge is 0.122 e. The van der Waals surface area contributed by atoms with Crippen molar-refractivity contribution in [3.8, 4) is 5.75 Å². The predicted molar refractivity (Wildman–Crippen MR) is 74.2 cm³/mol. The Bertz CT molecular complexity index is 536. The van der Waals surface area contributed by atoms with Gasteiger partial charge in [0.05, 0.1) is 18.8 Å². The first-order chi connectivity index (χ1) is 9.22. The molecule has 102 valence electrons. The second-order valence-electron chi connectivity index (χ2n) is 4.48. The van der Waals surface area contributed by atoms with Crippen LogP contribution in [0.3, 0.4) is 0 Å². The maximum Gasteiger partial charge on any atom is 0.122 e. The first kappa shape index (κ1) is 13.5. The first-order valence-corrected chi connectivity index (χ1v) is 6.54. The first-order valence-electron chi connectivity index (χ1n) is 6.54. The Kier molecular flexibility index (Phi) is 4.52. The van der Waals surface area contributed by atoms with E-state index in [1.807, 2.05) is 23.9 Å². The minimum Gasteiger partial charge on any atom is -0.494 e. The van der Waals surface area contributed by atoms with Gasteiger partial charge in [0.25, 0.3) is 0 Å². The van der Waals surface area contributed by atoms with Crippen molar-refractivity contribution in [2.45, 2.75) is 26.8 Å². The number of nitrogens with two attached hydrogens (primary N) is 1. The van der Waals surface area contributed by atoms with Gasteiger partial charge in [0.15, 0.2) is 0 Å². The van der Waals surface area contributed by atoms with Crippen LogP contribution in [0.2, 0.25) is 0 Å². The number of aryl methyl sites for hydroxylation is 1. The van der Waals surface area contributed by atoms with Crippen LogP contribution in [0.25, 0.3) is 0 Å². The van der Waals surface area contributed by atoms with E-state index in [-0.39, 0.29) is 0 Å². The van der Waals surface area contributed by atoms with Crippen LogP contribution in [-0.4, -0.2) is 28.1 Å². The molecule has 19 heavy (non-hydrogen) atoms. The zero-order valence-corrected chi connectivity index (χ0v) is 11.5. The maximum atomic E-state index is 5.53. The van der Waals surface area contributed by atoms with Crippen LogP contribution in [0, 0.1) is 6.92 Å². The fraction of sp³-hybridized carbons (Fsp3) is 0.429. The highest BCUT2D eigenvalue weighted by Crippen LogP contribution is 2.19. The third-order valence-corrected chi connectivity index (χ3v) is 2.87. The van der Waals surface area contributed by atoms with Crippen LogP contribution < -0.4 is 10.5 Å². The van der Waals surface area contributed by atoms with Crippen molar-refractivity contribution < 1.29 is 4.74 Å². The average Bonchev–Trinajstić information content (AvgIpc) is 2.81. The van der Waals surface area contributed by atoms with Crippen LogP contribution in [-0.2, 0) is 13.0 Å². The summed E-state index contributed by atoms with van der Waals surface area (Å²) in [7, 11) is 0. The van der Waals surface area contributed by atoms with Gasteiger partial charge in [0.2, 0.25) is 0 Å². The summed E-state index contributed by atoms with van der Waals surface area (Å²) in [5, 5.41) is 8.18. The zero-order chi connectivity index (χ0) is 13.7. The van der Waals surface area contributed by atoms with Gasteiger partial charge in [-0.05, 0) is 37.6 Å². The molecule has 5 heteroatoms. The standard InChI is InChI=1S/C14H20N4O/c1-3-19-14-5-4-12(8-11(14)2)9-18-10-13(6-7-15)16-17-18/h4-5,8,10H,3,6-7,9,15H2,1-2H3. The van der Waals surface area contributed by atoms with Gasteiger partial charge in [0, 0.05) is 12.6 Å². The molecule has 0 radical (unpaired) electrons. The van der Waals surface area contributed by atoms with Crippen molar-refractivity contribution in [2.75, 3.05) is 13.2 Å². The topological polar surface area (TPSA) is 66.0 Å². The van der Waals surface area contributed by atoms with Crippen LogP contribution >= 0.6 is 0 Å². The van der Waals surface area contributed by atoms with Crippen molar-refractivity contribution >= 4 is 0 Å². The monoisotopic (exact) mass is 260 g/mol. The van der Waals surface area contributed by atoms with E-state index < -0.39 is 0 Å². The van der Waals surface area contributed by atoms with Crippen molar-refractivity contribution in [1.82, 2.24) is 15.0 Å². The largest absolute Gasteiger partial charge is 0.494 e. The molecule has 2 aromatic rings. The van der Waals surface area contributed by atoms with Crippen LogP contribution in [0.4, 0.5) is 0 Å². The number of aromatic nitrogens is 3. The summed E-state index contributed by atoms with van der Waals surface area (Å²) >= 11 is 0. The van der Waals surface area contributed by atoms with E-state index in [0.717, 1.165) is 23.4 Å². The van der Waals surface area contributed by atoms with Gasteiger partial charge in [-0.2, -0.15) is 0 Å². The molecule has 0 amide bonds. The Morgan fingerprint density at radius 2 is 2.21 bits per heavy atom. The SMILES string of the molecule is CCOc1ccc(Cn2cc(CCN)nn2)cc1C. The quantitative estimate of drug-likeness (QED) is 0.855.